The first kappa shape index (κ1) is 23.1. The number of benzene rings is 3. The third kappa shape index (κ3) is 6.01. The Morgan fingerprint density at radius 3 is 2.44 bits per heavy atom. The number of nitrogens with zero attached hydrogens (tertiary/aromatic N) is 1. The van der Waals surface area contributed by atoms with Crippen molar-refractivity contribution in [2.45, 2.75) is 6.61 Å². The van der Waals surface area contributed by atoms with Gasteiger partial charge in [-0.2, -0.15) is 5.26 Å². The highest BCUT2D eigenvalue weighted by Gasteiger charge is 2.15. The normalized spacial score (nSPS) is 10.9. The Kier molecular flexibility index (Phi) is 7.72. The fourth-order valence-corrected chi connectivity index (χ4v) is 3.15. The maximum absolute atomic E-state index is 13.0. The molecule has 3 aromatic rings. The van der Waals surface area contributed by atoms with E-state index in [1.165, 1.54) is 37.5 Å². The monoisotopic (exact) mass is 470 g/mol. The molecule has 0 saturated carbocycles. The van der Waals surface area contributed by atoms with Gasteiger partial charge in [-0.15, -0.1) is 0 Å². The van der Waals surface area contributed by atoms with Crippen molar-refractivity contribution in [3.63, 3.8) is 0 Å². The zero-order chi connectivity index (χ0) is 23.1. The van der Waals surface area contributed by atoms with Crippen LogP contribution in [0.3, 0.4) is 0 Å². The number of amides is 1. The lowest BCUT2D eigenvalue weighted by molar-refractivity contribution is -0.112. The molecule has 0 aliphatic heterocycles. The van der Waals surface area contributed by atoms with Crippen molar-refractivity contribution in [3.05, 3.63) is 93.2 Å². The lowest BCUT2D eigenvalue weighted by Crippen LogP contribution is -2.13. The van der Waals surface area contributed by atoms with E-state index < -0.39 is 11.7 Å². The standard InChI is InChI=1S/C24H17Cl2FN2O3/c1-31-22-12-16(10-17(13-28)24(30)29-20-8-6-19(27)7-9-20)11-21(26)23(22)32-14-15-2-4-18(25)5-3-15/h2-12H,14H2,1H3,(H,29,30)/b17-10+. The van der Waals surface area contributed by atoms with Crippen molar-refractivity contribution < 1.29 is 18.7 Å². The molecule has 0 heterocycles. The predicted molar refractivity (Wildman–Crippen MR) is 122 cm³/mol. The third-order valence-electron chi connectivity index (χ3n) is 4.33. The van der Waals surface area contributed by atoms with E-state index in [1.54, 1.807) is 24.3 Å². The van der Waals surface area contributed by atoms with Crippen molar-refractivity contribution in [2.75, 3.05) is 12.4 Å². The fraction of sp³-hybridized carbons (Fsp3) is 0.0833. The second-order valence-electron chi connectivity index (χ2n) is 6.58. The van der Waals surface area contributed by atoms with E-state index in [-0.39, 0.29) is 17.2 Å². The van der Waals surface area contributed by atoms with E-state index in [9.17, 15) is 14.4 Å². The van der Waals surface area contributed by atoms with E-state index in [0.29, 0.717) is 27.8 Å². The van der Waals surface area contributed by atoms with Crippen LogP contribution in [0.4, 0.5) is 10.1 Å². The van der Waals surface area contributed by atoms with Crippen molar-refractivity contribution in [1.29, 1.82) is 5.26 Å². The molecular formula is C24H17Cl2FN2O3. The van der Waals surface area contributed by atoms with Gasteiger partial charge in [0.05, 0.1) is 12.1 Å². The fourth-order valence-electron chi connectivity index (χ4n) is 2.75. The summed E-state index contributed by atoms with van der Waals surface area (Å²) in [4.78, 5) is 12.4. The highest BCUT2D eigenvalue weighted by molar-refractivity contribution is 6.32. The molecule has 1 amide bonds. The molecule has 5 nitrogen and oxygen atoms in total. The summed E-state index contributed by atoms with van der Waals surface area (Å²) in [6, 6.07) is 17.4. The first-order chi connectivity index (χ1) is 15.4. The van der Waals surface area contributed by atoms with Crippen molar-refractivity contribution >= 4 is 40.9 Å². The Hall–Kier alpha value is -3.53. The Morgan fingerprint density at radius 2 is 1.81 bits per heavy atom. The van der Waals surface area contributed by atoms with Crippen LogP contribution in [0.1, 0.15) is 11.1 Å². The number of methoxy groups -OCH3 is 1. The second kappa shape index (κ2) is 10.7. The number of anilines is 1. The molecule has 32 heavy (non-hydrogen) atoms. The van der Waals surface area contributed by atoms with Crippen LogP contribution >= 0.6 is 23.2 Å². The van der Waals surface area contributed by atoms with Crippen LogP contribution in [-0.2, 0) is 11.4 Å². The number of rotatable bonds is 7. The van der Waals surface area contributed by atoms with Crippen LogP contribution in [0.5, 0.6) is 11.5 Å². The predicted octanol–water partition coefficient (Wildman–Crippen LogP) is 6.27. The molecule has 0 aromatic heterocycles. The van der Waals surface area contributed by atoms with Gasteiger partial charge >= 0.3 is 0 Å². The molecule has 162 valence electrons. The molecule has 0 spiro atoms. The molecule has 3 rings (SSSR count). The summed E-state index contributed by atoms with van der Waals surface area (Å²) in [5.41, 5.74) is 1.55. The summed E-state index contributed by atoms with van der Waals surface area (Å²) in [6.45, 7) is 0.242. The van der Waals surface area contributed by atoms with E-state index >= 15 is 0 Å². The third-order valence-corrected chi connectivity index (χ3v) is 4.86. The molecule has 0 aliphatic rings. The lowest BCUT2D eigenvalue weighted by Gasteiger charge is -2.14. The molecular weight excluding hydrogens is 454 g/mol. The maximum atomic E-state index is 13.0. The van der Waals surface area contributed by atoms with E-state index in [1.807, 2.05) is 18.2 Å². The SMILES string of the molecule is COc1cc(/C=C(\C#N)C(=O)Nc2ccc(F)cc2)cc(Cl)c1OCc1ccc(Cl)cc1. The molecule has 0 radical (unpaired) electrons. The quantitative estimate of drug-likeness (QED) is 0.326. The van der Waals surface area contributed by atoms with Gasteiger partial charge < -0.3 is 14.8 Å². The van der Waals surface area contributed by atoms with E-state index in [2.05, 4.69) is 5.32 Å². The molecule has 0 saturated heterocycles. The molecule has 0 aliphatic carbocycles. The van der Waals surface area contributed by atoms with E-state index in [0.717, 1.165) is 5.56 Å². The molecule has 1 N–H and O–H groups in total. The lowest BCUT2D eigenvalue weighted by atomic mass is 10.1. The van der Waals surface area contributed by atoms with Crippen molar-refractivity contribution in [2.24, 2.45) is 0 Å². The summed E-state index contributed by atoms with van der Waals surface area (Å²) in [6.07, 6.45) is 1.37. The number of hydrogen-bond acceptors (Lipinski definition) is 4. The van der Waals surface area contributed by atoms with Crippen LogP contribution < -0.4 is 14.8 Å². The largest absolute Gasteiger partial charge is 0.493 e. The Morgan fingerprint density at radius 1 is 1.12 bits per heavy atom. The van der Waals surface area contributed by atoms with Crippen LogP contribution in [0.2, 0.25) is 10.0 Å². The molecule has 0 unspecified atom stereocenters. The van der Waals surface area contributed by atoms with Gasteiger partial charge in [-0.05, 0) is 65.7 Å². The second-order valence-corrected chi connectivity index (χ2v) is 7.42. The minimum Gasteiger partial charge on any atom is -0.493 e. The molecule has 0 bridgehead atoms. The number of carbonyl (C=O) groups excluding carboxylic acids is 1. The topological polar surface area (TPSA) is 71.3 Å². The highest BCUT2D eigenvalue weighted by Crippen LogP contribution is 2.37. The first-order valence-electron chi connectivity index (χ1n) is 9.33. The van der Waals surface area contributed by atoms with Crippen LogP contribution in [0.25, 0.3) is 6.08 Å². The minimum absolute atomic E-state index is 0.165. The van der Waals surface area contributed by atoms with Gasteiger partial charge in [0.15, 0.2) is 11.5 Å². The van der Waals surface area contributed by atoms with Gasteiger partial charge in [-0.1, -0.05) is 35.3 Å². The van der Waals surface area contributed by atoms with Crippen molar-refractivity contribution in [1.82, 2.24) is 0 Å². The number of nitrogens with one attached hydrogen (secondary N) is 1. The van der Waals surface area contributed by atoms with E-state index in [4.69, 9.17) is 32.7 Å². The van der Waals surface area contributed by atoms with Crippen LogP contribution in [-0.4, -0.2) is 13.0 Å². The number of nitriles is 1. The maximum Gasteiger partial charge on any atom is 0.266 e. The summed E-state index contributed by atoms with van der Waals surface area (Å²) < 4.78 is 24.2. The highest BCUT2D eigenvalue weighted by atomic mass is 35.5. The number of ether oxygens (including phenoxy) is 2. The average molecular weight is 471 g/mol. The smallest absolute Gasteiger partial charge is 0.266 e. The minimum atomic E-state index is -0.641. The van der Waals surface area contributed by atoms with Gasteiger partial charge in [0.25, 0.3) is 5.91 Å². The van der Waals surface area contributed by atoms with Crippen LogP contribution in [0.15, 0.2) is 66.2 Å². The molecule has 3 aromatic carbocycles. The van der Waals surface area contributed by atoms with Gasteiger partial charge in [-0.3, -0.25) is 4.79 Å². The number of hydrogen-bond donors (Lipinski definition) is 1. The Bertz CT molecular complexity index is 1190. The summed E-state index contributed by atoms with van der Waals surface area (Å²) in [7, 11) is 1.46. The van der Waals surface area contributed by atoms with Gasteiger partial charge in [0.1, 0.15) is 24.1 Å². The summed E-state index contributed by atoms with van der Waals surface area (Å²) in [5.74, 6) is -0.402. The molecule has 0 fully saturated rings. The first-order valence-corrected chi connectivity index (χ1v) is 10.1. The number of carbonyl (C=O) groups is 1. The summed E-state index contributed by atoms with van der Waals surface area (Å²) >= 11 is 12.3. The van der Waals surface area contributed by atoms with Crippen molar-refractivity contribution in [3.8, 4) is 17.6 Å². The Labute approximate surface area is 194 Å². The zero-order valence-electron chi connectivity index (χ0n) is 16.9. The van der Waals surface area contributed by atoms with Gasteiger partial charge in [0.2, 0.25) is 0 Å². The van der Waals surface area contributed by atoms with Gasteiger partial charge in [-0.25, -0.2) is 4.39 Å². The average Bonchev–Trinajstić information content (AvgIpc) is 2.79. The van der Waals surface area contributed by atoms with Crippen LogP contribution in [0, 0.1) is 17.1 Å². The molecule has 8 heteroatoms. The van der Waals surface area contributed by atoms with Gasteiger partial charge in [0, 0.05) is 10.7 Å². The molecule has 0 atom stereocenters. The zero-order valence-corrected chi connectivity index (χ0v) is 18.4. The summed E-state index contributed by atoms with van der Waals surface area (Å²) in [5, 5.41) is 12.8. The Balaban J connectivity index is 1.80. The number of halogens is 3.